The molecule has 9 nitrogen and oxygen atoms in total. The molecule has 0 spiro atoms. The molecular weight excluding hydrogens is 492 g/mol. The number of amides is 1. The fourth-order valence-electron chi connectivity index (χ4n) is 3.34. The molecule has 0 saturated heterocycles. The second-order valence-electron chi connectivity index (χ2n) is 9.77. The number of nitrogens with two attached hydrogens (primary N) is 1. The van der Waals surface area contributed by atoms with E-state index in [0.717, 1.165) is 11.1 Å². The minimum atomic E-state index is -3.36. The summed E-state index contributed by atoms with van der Waals surface area (Å²) in [6.07, 6.45) is 1.70. The Morgan fingerprint density at radius 3 is 2.43 bits per heavy atom. The molecule has 0 aliphatic rings. The highest BCUT2D eigenvalue weighted by Crippen LogP contribution is 2.29. The maximum Gasteiger partial charge on any atom is 0.407 e. The standard InChI is InChI=1S/C27H34N4O5S/c1-18(2)37(33,34)22-12-10-19(11-13-22)23-17-30-25(28)24(31-23)20-8-6-9-21(16-20)35-15-7-14-29-26(32)36-27(3,4)5/h6,8-13,16-18H,7,14-15H2,1-5H3,(H2,28,30)(H,29,32). The first-order valence-corrected chi connectivity index (χ1v) is 13.6. The summed E-state index contributed by atoms with van der Waals surface area (Å²) in [4.78, 5) is 21.0. The summed E-state index contributed by atoms with van der Waals surface area (Å²) in [6.45, 7) is 9.56. The van der Waals surface area contributed by atoms with E-state index < -0.39 is 26.8 Å². The lowest BCUT2D eigenvalue weighted by Gasteiger charge is -2.19. The number of nitrogen functional groups attached to an aromatic ring is 1. The number of aromatic nitrogens is 2. The fourth-order valence-corrected chi connectivity index (χ4v) is 4.40. The molecule has 1 aromatic heterocycles. The topological polar surface area (TPSA) is 134 Å². The highest BCUT2D eigenvalue weighted by molar-refractivity contribution is 7.92. The van der Waals surface area contributed by atoms with Gasteiger partial charge >= 0.3 is 6.09 Å². The molecule has 1 heterocycles. The van der Waals surface area contributed by atoms with E-state index in [1.54, 1.807) is 44.3 Å². The number of anilines is 1. The maximum absolute atomic E-state index is 12.4. The van der Waals surface area contributed by atoms with E-state index in [9.17, 15) is 13.2 Å². The molecule has 0 saturated carbocycles. The molecule has 3 N–H and O–H groups in total. The van der Waals surface area contributed by atoms with Crippen molar-refractivity contribution < 1.29 is 22.7 Å². The smallest absolute Gasteiger partial charge is 0.407 e. The molecule has 3 rings (SSSR count). The second kappa shape index (κ2) is 11.6. The van der Waals surface area contributed by atoms with Gasteiger partial charge in [0.1, 0.15) is 22.9 Å². The Morgan fingerprint density at radius 1 is 1.08 bits per heavy atom. The Kier molecular flexibility index (Phi) is 8.75. The van der Waals surface area contributed by atoms with Gasteiger partial charge in [-0.05, 0) is 65.3 Å². The van der Waals surface area contributed by atoms with E-state index in [-0.39, 0.29) is 10.7 Å². The second-order valence-corrected chi connectivity index (χ2v) is 12.3. The predicted octanol–water partition coefficient (Wildman–Crippen LogP) is 4.87. The third-order valence-corrected chi connectivity index (χ3v) is 7.44. The molecule has 1 amide bonds. The van der Waals surface area contributed by atoms with E-state index in [1.165, 1.54) is 0 Å². The fraction of sp³-hybridized carbons (Fsp3) is 0.370. The van der Waals surface area contributed by atoms with Gasteiger partial charge < -0.3 is 20.5 Å². The Labute approximate surface area is 218 Å². The average molecular weight is 527 g/mol. The number of benzene rings is 2. The van der Waals surface area contributed by atoms with Crippen molar-refractivity contribution in [3.8, 4) is 28.3 Å². The predicted molar refractivity (Wildman–Crippen MR) is 144 cm³/mol. The molecule has 0 atom stereocenters. The molecule has 3 aromatic rings. The molecule has 0 unspecified atom stereocenters. The molecule has 198 valence electrons. The van der Waals surface area contributed by atoms with Crippen LogP contribution in [-0.2, 0) is 14.6 Å². The van der Waals surface area contributed by atoms with Crippen LogP contribution in [0.4, 0.5) is 10.6 Å². The number of sulfone groups is 1. The van der Waals surface area contributed by atoms with Crippen molar-refractivity contribution in [2.45, 2.75) is 56.8 Å². The third-order valence-electron chi connectivity index (χ3n) is 5.27. The van der Waals surface area contributed by atoms with Crippen molar-refractivity contribution >= 4 is 21.7 Å². The van der Waals surface area contributed by atoms with Crippen molar-refractivity contribution in [1.82, 2.24) is 15.3 Å². The molecule has 10 heteroatoms. The van der Waals surface area contributed by atoms with Gasteiger partial charge in [-0.25, -0.2) is 23.2 Å². The highest BCUT2D eigenvalue weighted by atomic mass is 32.2. The Hall–Kier alpha value is -3.66. The first kappa shape index (κ1) is 27.9. The van der Waals surface area contributed by atoms with Gasteiger partial charge in [0.25, 0.3) is 0 Å². The zero-order valence-corrected chi connectivity index (χ0v) is 22.6. The van der Waals surface area contributed by atoms with Gasteiger partial charge in [0.2, 0.25) is 0 Å². The number of nitrogens with one attached hydrogen (secondary N) is 1. The third kappa shape index (κ3) is 7.66. The molecule has 0 aliphatic heterocycles. The number of hydrogen-bond donors (Lipinski definition) is 2. The summed E-state index contributed by atoms with van der Waals surface area (Å²) in [5, 5.41) is 2.20. The number of alkyl carbamates (subject to hydrolysis) is 1. The van der Waals surface area contributed by atoms with Gasteiger partial charge in [-0.3, -0.25) is 0 Å². The minimum Gasteiger partial charge on any atom is -0.494 e. The van der Waals surface area contributed by atoms with Crippen LogP contribution < -0.4 is 15.8 Å². The minimum absolute atomic E-state index is 0.265. The molecule has 0 radical (unpaired) electrons. The number of hydrogen-bond acceptors (Lipinski definition) is 8. The van der Waals surface area contributed by atoms with Crippen LogP contribution in [0.25, 0.3) is 22.5 Å². The van der Waals surface area contributed by atoms with Gasteiger partial charge in [0, 0.05) is 17.7 Å². The highest BCUT2D eigenvalue weighted by Gasteiger charge is 2.19. The van der Waals surface area contributed by atoms with Crippen molar-refractivity contribution in [2.75, 3.05) is 18.9 Å². The van der Waals surface area contributed by atoms with Crippen LogP contribution in [0.3, 0.4) is 0 Å². The van der Waals surface area contributed by atoms with Crippen LogP contribution in [0.1, 0.15) is 41.0 Å². The summed E-state index contributed by atoms with van der Waals surface area (Å²) in [5.74, 6) is 0.895. The lowest BCUT2D eigenvalue weighted by atomic mass is 10.1. The largest absolute Gasteiger partial charge is 0.494 e. The number of ether oxygens (including phenoxy) is 2. The van der Waals surface area contributed by atoms with Crippen molar-refractivity contribution in [3.63, 3.8) is 0 Å². The van der Waals surface area contributed by atoms with Gasteiger partial charge in [0.05, 0.1) is 28.6 Å². The molecule has 37 heavy (non-hydrogen) atoms. The summed E-state index contributed by atoms with van der Waals surface area (Å²) in [7, 11) is -3.36. The number of nitrogens with zero attached hydrogens (tertiary/aromatic N) is 2. The molecule has 2 aromatic carbocycles. The van der Waals surface area contributed by atoms with Gasteiger partial charge in [0.15, 0.2) is 9.84 Å². The number of carbonyl (C=O) groups excluding carboxylic acids is 1. The van der Waals surface area contributed by atoms with Crippen molar-refractivity contribution in [2.24, 2.45) is 0 Å². The SMILES string of the molecule is CC(C)S(=O)(=O)c1ccc(-c2cnc(N)c(-c3cccc(OCCCNC(=O)OC(C)(C)C)c3)n2)cc1. The number of rotatable bonds is 9. The zero-order chi connectivity index (χ0) is 27.2. The lowest BCUT2D eigenvalue weighted by Crippen LogP contribution is -2.33. The first-order chi connectivity index (χ1) is 17.4. The van der Waals surface area contributed by atoms with Crippen molar-refractivity contribution in [3.05, 3.63) is 54.7 Å². The normalized spacial score (nSPS) is 11.8. The van der Waals surface area contributed by atoms with Gasteiger partial charge in [-0.15, -0.1) is 0 Å². The van der Waals surface area contributed by atoms with E-state index in [4.69, 9.17) is 15.2 Å². The lowest BCUT2D eigenvalue weighted by molar-refractivity contribution is 0.0525. The average Bonchev–Trinajstić information content (AvgIpc) is 2.83. The Bertz CT molecular complexity index is 1330. The number of carbonyl (C=O) groups is 1. The van der Waals surface area contributed by atoms with Crippen LogP contribution in [0.5, 0.6) is 5.75 Å². The van der Waals surface area contributed by atoms with Gasteiger partial charge in [-0.2, -0.15) is 0 Å². The van der Waals surface area contributed by atoms with Crippen LogP contribution in [0.2, 0.25) is 0 Å². The van der Waals surface area contributed by atoms with Crippen LogP contribution in [-0.4, -0.2) is 48.5 Å². The van der Waals surface area contributed by atoms with E-state index in [0.29, 0.717) is 36.7 Å². The maximum atomic E-state index is 12.4. The molecule has 0 fully saturated rings. The monoisotopic (exact) mass is 526 g/mol. The zero-order valence-electron chi connectivity index (χ0n) is 21.8. The Balaban J connectivity index is 1.68. The summed E-state index contributed by atoms with van der Waals surface area (Å²) >= 11 is 0. The van der Waals surface area contributed by atoms with Crippen LogP contribution >= 0.6 is 0 Å². The Morgan fingerprint density at radius 2 is 1.78 bits per heavy atom. The summed E-state index contributed by atoms with van der Waals surface area (Å²) in [6, 6.07) is 13.9. The summed E-state index contributed by atoms with van der Waals surface area (Å²) in [5.41, 5.74) is 8.11. The molecular formula is C27H34N4O5S. The first-order valence-electron chi connectivity index (χ1n) is 12.0. The summed E-state index contributed by atoms with van der Waals surface area (Å²) < 4.78 is 35.9. The van der Waals surface area contributed by atoms with E-state index in [1.807, 2.05) is 45.0 Å². The van der Waals surface area contributed by atoms with Gasteiger partial charge in [-0.1, -0.05) is 24.3 Å². The van der Waals surface area contributed by atoms with E-state index in [2.05, 4.69) is 15.3 Å². The van der Waals surface area contributed by atoms with E-state index >= 15 is 0 Å². The quantitative estimate of drug-likeness (QED) is 0.377. The molecule has 0 aliphatic carbocycles. The van der Waals surface area contributed by atoms with Crippen LogP contribution in [0.15, 0.2) is 59.6 Å². The van der Waals surface area contributed by atoms with Crippen LogP contribution in [0, 0.1) is 0 Å². The molecule has 0 bridgehead atoms. The van der Waals surface area contributed by atoms with Crippen molar-refractivity contribution in [1.29, 1.82) is 0 Å².